The van der Waals surface area contributed by atoms with Crippen LogP contribution in [-0.4, -0.2) is 28.3 Å². The number of Topliss-reactive ketones (excluding diaryl/α,β-unsaturated/α-hetero) is 1. The van der Waals surface area contributed by atoms with E-state index in [2.05, 4.69) is 0 Å². The predicted octanol–water partition coefficient (Wildman–Crippen LogP) is 1.50. The number of hydrogen-bond acceptors (Lipinski definition) is 3. The van der Waals surface area contributed by atoms with Gasteiger partial charge in [-0.2, -0.15) is 0 Å². The second kappa shape index (κ2) is 5.31. The third-order valence-corrected chi connectivity index (χ3v) is 3.26. The van der Waals surface area contributed by atoms with Crippen LogP contribution < -0.4 is 0 Å². The van der Waals surface area contributed by atoms with Gasteiger partial charge in [0.1, 0.15) is 0 Å². The Morgan fingerprint density at radius 3 is 2.67 bits per heavy atom. The molecule has 0 atom stereocenters. The van der Waals surface area contributed by atoms with Gasteiger partial charge >= 0.3 is 0 Å². The molecule has 0 fully saturated rings. The van der Waals surface area contributed by atoms with Crippen molar-refractivity contribution < 1.29 is 14.7 Å². The summed E-state index contributed by atoms with van der Waals surface area (Å²) in [7, 11) is 0. The monoisotopic (exact) mass is 247 g/mol. The van der Waals surface area contributed by atoms with Crippen LogP contribution in [0.5, 0.6) is 0 Å². The van der Waals surface area contributed by atoms with E-state index in [0.29, 0.717) is 31.5 Å². The Kier molecular flexibility index (Phi) is 3.77. The number of aliphatic hydroxyl groups is 1. The fraction of sp³-hybridized carbons (Fsp3) is 0.429. The lowest BCUT2D eigenvalue weighted by atomic mass is 10.0. The van der Waals surface area contributed by atoms with E-state index in [1.807, 2.05) is 18.2 Å². The first-order valence-corrected chi connectivity index (χ1v) is 6.13. The molecule has 1 aromatic rings. The summed E-state index contributed by atoms with van der Waals surface area (Å²) in [4.78, 5) is 24.9. The van der Waals surface area contributed by atoms with Gasteiger partial charge in [0.25, 0.3) is 0 Å². The molecule has 0 bridgehead atoms. The van der Waals surface area contributed by atoms with Crippen LogP contribution >= 0.6 is 0 Å². The smallest absolute Gasteiger partial charge is 0.220 e. The van der Waals surface area contributed by atoms with Gasteiger partial charge in [-0.3, -0.25) is 9.59 Å². The fourth-order valence-corrected chi connectivity index (χ4v) is 2.17. The average molecular weight is 247 g/mol. The molecule has 0 saturated carbocycles. The molecule has 0 spiro atoms. The van der Waals surface area contributed by atoms with Crippen LogP contribution in [0.3, 0.4) is 0 Å². The van der Waals surface area contributed by atoms with E-state index in [9.17, 15) is 9.59 Å². The molecule has 0 saturated heterocycles. The Labute approximate surface area is 106 Å². The van der Waals surface area contributed by atoms with Gasteiger partial charge in [0.2, 0.25) is 5.91 Å². The van der Waals surface area contributed by atoms with E-state index in [1.165, 1.54) is 0 Å². The van der Waals surface area contributed by atoms with Crippen molar-refractivity contribution in [1.82, 2.24) is 4.90 Å². The molecule has 1 aliphatic heterocycles. The van der Waals surface area contributed by atoms with Gasteiger partial charge in [-0.05, 0) is 23.6 Å². The number of amides is 1. The highest BCUT2D eigenvalue weighted by atomic mass is 16.3. The molecule has 0 aliphatic carbocycles. The highest BCUT2D eigenvalue weighted by molar-refractivity contribution is 5.96. The van der Waals surface area contributed by atoms with Crippen molar-refractivity contribution in [3.05, 3.63) is 34.9 Å². The molecule has 0 aromatic heterocycles. The van der Waals surface area contributed by atoms with Crippen LogP contribution in [0.4, 0.5) is 0 Å². The van der Waals surface area contributed by atoms with Crippen molar-refractivity contribution in [2.75, 3.05) is 6.61 Å². The van der Waals surface area contributed by atoms with E-state index in [4.69, 9.17) is 5.11 Å². The second-order valence-electron chi connectivity index (χ2n) is 4.61. The summed E-state index contributed by atoms with van der Waals surface area (Å²) >= 11 is 0. The van der Waals surface area contributed by atoms with E-state index >= 15 is 0 Å². The topological polar surface area (TPSA) is 57.6 Å². The predicted molar refractivity (Wildman–Crippen MR) is 67.0 cm³/mol. The van der Waals surface area contributed by atoms with Crippen LogP contribution in [0.1, 0.15) is 41.3 Å². The molecule has 1 aromatic carbocycles. The minimum absolute atomic E-state index is 0.0365. The molecule has 0 radical (unpaired) electrons. The molecule has 1 amide bonds. The van der Waals surface area contributed by atoms with E-state index in [-0.39, 0.29) is 18.3 Å². The number of carbonyl (C=O) groups is 2. The summed E-state index contributed by atoms with van der Waals surface area (Å²) < 4.78 is 0. The summed E-state index contributed by atoms with van der Waals surface area (Å²) in [5.74, 6) is 0.104. The number of ketones is 1. The molecular weight excluding hydrogens is 230 g/mol. The summed E-state index contributed by atoms with van der Waals surface area (Å²) in [6.45, 7) is 2.82. The molecule has 2 rings (SSSR count). The zero-order valence-electron chi connectivity index (χ0n) is 10.5. The number of rotatable bonds is 4. The van der Waals surface area contributed by atoms with Crippen molar-refractivity contribution in [3.8, 4) is 0 Å². The summed E-state index contributed by atoms with van der Waals surface area (Å²) in [5.41, 5.74) is 2.84. The summed E-state index contributed by atoms with van der Waals surface area (Å²) in [6.07, 6.45) is 0.862. The van der Waals surface area contributed by atoms with Crippen LogP contribution in [0.25, 0.3) is 0 Å². The largest absolute Gasteiger partial charge is 0.396 e. The maximum absolute atomic E-state index is 11.8. The molecule has 1 N–H and O–H groups in total. The van der Waals surface area contributed by atoms with Crippen molar-refractivity contribution in [2.24, 2.45) is 0 Å². The lowest BCUT2D eigenvalue weighted by molar-refractivity contribution is -0.129. The van der Waals surface area contributed by atoms with Gasteiger partial charge in [0, 0.05) is 38.6 Å². The molecule has 96 valence electrons. The van der Waals surface area contributed by atoms with E-state index in [1.54, 1.807) is 11.8 Å². The maximum atomic E-state index is 11.8. The molecule has 1 aliphatic rings. The molecule has 0 unspecified atom stereocenters. The summed E-state index contributed by atoms with van der Waals surface area (Å²) in [6, 6.07) is 5.60. The highest BCUT2D eigenvalue weighted by Crippen LogP contribution is 2.24. The molecule has 4 nitrogen and oxygen atoms in total. The van der Waals surface area contributed by atoms with Crippen molar-refractivity contribution >= 4 is 11.7 Å². The van der Waals surface area contributed by atoms with Gasteiger partial charge in [-0.25, -0.2) is 0 Å². The zero-order chi connectivity index (χ0) is 13.1. The SMILES string of the molecule is CC(=O)N1Cc2ccc(C(=O)CCCO)cc2C1. The third-order valence-electron chi connectivity index (χ3n) is 3.26. The average Bonchev–Trinajstić information content (AvgIpc) is 2.78. The second-order valence-corrected chi connectivity index (χ2v) is 4.61. The number of benzene rings is 1. The number of carbonyl (C=O) groups excluding carboxylic acids is 2. The van der Waals surface area contributed by atoms with Crippen LogP contribution in [0.2, 0.25) is 0 Å². The minimum Gasteiger partial charge on any atom is -0.396 e. The fourth-order valence-electron chi connectivity index (χ4n) is 2.17. The number of aliphatic hydroxyl groups excluding tert-OH is 1. The Morgan fingerprint density at radius 1 is 1.28 bits per heavy atom. The van der Waals surface area contributed by atoms with Gasteiger partial charge < -0.3 is 10.0 Å². The van der Waals surface area contributed by atoms with Crippen molar-refractivity contribution in [1.29, 1.82) is 0 Å². The van der Waals surface area contributed by atoms with Crippen LogP contribution in [0.15, 0.2) is 18.2 Å². The number of nitrogens with zero attached hydrogens (tertiary/aromatic N) is 1. The van der Waals surface area contributed by atoms with Gasteiger partial charge in [0.15, 0.2) is 5.78 Å². The summed E-state index contributed by atoms with van der Waals surface area (Å²) in [5, 5.41) is 8.72. The van der Waals surface area contributed by atoms with Gasteiger partial charge in [-0.1, -0.05) is 12.1 Å². The third kappa shape index (κ3) is 2.59. The standard InChI is InChI=1S/C14H17NO3/c1-10(17)15-8-12-5-4-11(7-13(12)9-15)14(18)3-2-6-16/h4-5,7,16H,2-3,6,8-9H2,1H3. The van der Waals surface area contributed by atoms with Gasteiger partial charge in [-0.15, -0.1) is 0 Å². The maximum Gasteiger partial charge on any atom is 0.220 e. The lowest BCUT2D eigenvalue weighted by Gasteiger charge is -2.11. The Balaban J connectivity index is 2.13. The van der Waals surface area contributed by atoms with E-state index < -0.39 is 0 Å². The Hall–Kier alpha value is -1.68. The minimum atomic E-state index is 0.0365. The Morgan fingerprint density at radius 2 is 2.00 bits per heavy atom. The molecular formula is C14H17NO3. The molecule has 18 heavy (non-hydrogen) atoms. The van der Waals surface area contributed by atoms with Gasteiger partial charge in [0.05, 0.1) is 0 Å². The first-order chi connectivity index (χ1) is 8.61. The first kappa shape index (κ1) is 12.8. The highest BCUT2D eigenvalue weighted by Gasteiger charge is 2.21. The lowest BCUT2D eigenvalue weighted by Crippen LogP contribution is -2.21. The Bertz CT molecular complexity index is 482. The van der Waals surface area contributed by atoms with E-state index in [0.717, 1.165) is 11.1 Å². The van der Waals surface area contributed by atoms with Crippen molar-refractivity contribution in [3.63, 3.8) is 0 Å². The van der Waals surface area contributed by atoms with Crippen LogP contribution in [-0.2, 0) is 17.9 Å². The first-order valence-electron chi connectivity index (χ1n) is 6.13. The number of fused-ring (bicyclic) bond motifs is 1. The molecule has 4 heteroatoms. The number of hydrogen-bond donors (Lipinski definition) is 1. The molecule has 1 heterocycles. The quantitative estimate of drug-likeness (QED) is 0.820. The zero-order valence-corrected chi connectivity index (χ0v) is 10.5. The normalized spacial score (nSPS) is 13.6. The van der Waals surface area contributed by atoms with Crippen molar-refractivity contribution in [2.45, 2.75) is 32.9 Å². The van der Waals surface area contributed by atoms with Crippen LogP contribution in [0, 0.1) is 0 Å².